The largest absolute Gasteiger partial charge is 0.335 e. The normalized spacial score (nSPS) is 19.4. The van der Waals surface area contributed by atoms with Crippen LogP contribution in [0.15, 0.2) is 23.2 Å². The molecule has 0 bridgehead atoms. The minimum atomic E-state index is -0.586. The lowest BCUT2D eigenvalue weighted by molar-refractivity contribution is 0.375. The zero-order valence-electron chi connectivity index (χ0n) is 11.3. The van der Waals surface area contributed by atoms with Crippen LogP contribution in [0.2, 0.25) is 0 Å². The van der Waals surface area contributed by atoms with Gasteiger partial charge in [0.1, 0.15) is 11.6 Å². The van der Waals surface area contributed by atoms with E-state index in [1.165, 1.54) is 12.1 Å². The molecule has 0 aromatic heterocycles. The van der Waals surface area contributed by atoms with Gasteiger partial charge in [-0.15, -0.1) is 0 Å². The predicted molar refractivity (Wildman–Crippen MR) is 77.7 cm³/mol. The lowest BCUT2D eigenvalue weighted by Gasteiger charge is -2.21. The topological polar surface area (TPSA) is 24.4 Å². The zero-order chi connectivity index (χ0) is 14.0. The molecule has 0 aliphatic carbocycles. The Balaban J connectivity index is 1.95. The molecule has 0 amide bonds. The fourth-order valence-corrected chi connectivity index (χ4v) is 3.40. The molecule has 0 saturated heterocycles. The van der Waals surface area contributed by atoms with Crippen molar-refractivity contribution >= 4 is 22.6 Å². The van der Waals surface area contributed by atoms with Gasteiger partial charge in [0.05, 0.1) is 6.54 Å². The van der Waals surface area contributed by atoms with Crippen molar-refractivity contribution in [2.45, 2.75) is 32.4 Å². The van der Waals surface area contributed by atoms with Crippen LogP contribution in [-0.2, 0) is 0 Å². The second-order valence-corrected chi connectivity index (χ2v) is 7.22. The summed E-state index contributed by atoms with van der Waals surface area (Å²) in [7, 11) is 0. The van der Waals surface area contributed by atoms with Crippen LogP contribution in [0.25, 0.3) is 0 Å². The van der Waals surface area contributed by atoms with E-state index in [0.717, 1.165) is 24.2 Å². The molecule has 2 nitrogen and oxygen atoms in total. The van der Waals surface area contributed by atoms with E-state index in [2.05, 4.69) is 31.1 Å². The van der Waals surface area contributed by atoms with Crippen molar-refractivity contribution in [1.82, 2.24) is 0 Å². The molecule has 1 aliphatic heterocycles. The number of benzene rings is 1. The van der Waals surface area contributed by atoms with Crippen molar-refractivity contribution in [3.8, 4) is 0 Å². The Bertz CT molecular complexity index is 474. The van der Waals surface area contributed by atoms with Gasteiger partial charge in [-0.1, -0.05) is 32.5 Å². The number of halogens is 2. The van der Waals surface area contributed by atoms with Crippen molar-refractivity contribution < 1.29 is 8.78 Å². The van der Waals surface area contributed by atoms with Crippen LogP contribution in [0.1, 0.15) is 27.2 Å². The van der Waals surface area contributed by atoms with Crippen LogP contribution in [0.3, 0.4) is 0 Å². The number of nitrogens with one attached hydrogen (secondary N) is 1. The van der Waals surface area contributed by atoms with Gasteiger partial charge < -0.3 is 5.32 Å². The van der Waals surface area contributed by atoms with E-state index in [1.54, 1.807) is 11.8 Å². The van der Waals surface area contributed by atoms with Crippen molar-refractivity contribution in [3.63, 3.8) is 0 Å². The van der Waals surface area contributed by atoms with Crippen molar-refractivity contribution in [3.05, 3.63) is 29.8 Å². The highest BCUT2D eigenvalue weighted by atomic mass is 32.2. The molecular formula is C14H18F2N2S. The summed E-state index contributed by atoms with van der Waals surface area (Å²) in [5.41, 5.74) is 0.660. The second-order valence-electron chi connectivity index (χ2n) is 5.93. The molecule has 1 atom stereocenters. The lowest BCUT2D eigenvalue weighted by atomic mass is 9.90. The summed E-state index contributed by atoms with van der Waals surface area (Å²) in [5.74, 6) is -1.17. The Kier molecular flexibility index (Phi) is 4.13. The molecule has 0 spiro atoms. The molecule has 1 aromatic carbocycles. The number of rotatable bonds is 2. The molecule has 0 radical (unpaired) electrons. The molecule has 2 rings (SSSR count). The number of anilines is 1. The van der Waals surface area contributed by atoms with Gasteiger partial charge in [0.2, 0.25) is 0 Å². The molecule has 0 fully saturated rings. The molecule has 1 heterocycles. The van der Waals surface area contributed by atoms with E-state index in [4.69, 9.17) is 0 Å². The maximum absolute atomic E-state index is 13.1. The lowest BCUT2D eigenvalue weighted by Crippen LogP contribution is -2.16. The van der Waals surface area contributed by atoms with E-state index >= 15 is 0 Å². The van der Waals surface area contributed by atoms with E-state index in [0.29, 0.717) is 10.9 Å². The van der Waals surface area contributed by atoms with E-state index in [-0.39, 0.29) is 5.41 Å². The van der Waals surface area contributed by atoms with Crippen LogP contribution in [0.4, 0.5) is 14.5 Å². The highest BCUT2D eigenvalue weighted by Gasteiger charge is 2.25. The molecule has 1 N–H and O–H groups in total. The van der Waals surface area contributed by atoms with E-state index in [9.17, 15) is 8.78 Å². The smallest absolute Gasteiger partial charge is 0.161 e. The number of nitrogens with zero attached hydrogens (tertiary/aromatic N) is 1. The molecular weight excluding hydrogens is 266 g/mol. The second kappa shape index (κ2) is 5.49. The van der Waals surface area contributed by atoms with Crippen LogP contribution >= 0.6 is 11.8 Å². The summed E-state index contributed by atoms with van der Waals surface area (Å²) < 4.78 is 26.1. The molecule has 1 aromatic rings. The first-order valence-electron chi connectivity index (χ1n) is 6.26. The summed E-state index contributed by atoms with van der Waals surface area (Å²) in [4.78, 5) is 4.38. The molecule has 0 saturated carbocycles. The highest BCUT2D eigenvalue weighted by molar-refractivity contribution is 8.15. The van der Waals surface area contributed by atoms with Gasteiger partial charge in [-0.2, -0.15) is 0 Å². The van der Waals surface area contributed by atoms with Crippen LogP contribution < -0.4 is 5.32 Å². The Labute approximate surface area is 116 Å². The summed E-state index contributed by atoms with van der Waals surface area (Å²) in [5, 5.41) is 4.14. The van der Waals surface area contributed by atoms with Crippen molar-refractivity contribution in [2.24, 2.45) is 10.4 Å². The first-order chi connectivity index (χ1) is 8.82. The van der Waals surface area contributed by atoms with Gasteiger partial charge in [0.15, 0.2) is 5.17 Å². The number of thioether (sulfide) groups is 1. The van der Waals surface area contributed by atoms with Gasteiger partial charge >= 0.3 is 0 Å². The third kappa shape index (κ3) is 4.49. The summed E-state index contributed by atoms with van der Waals surface area (Å²) in [6, 6.07) is 3.39. The molecule has 19 heavy (non-hydrogen) atoms. The SMILES string of the molecule is CC(C)(C)CC1CN=C(Nc2cc(F)cc(F)c2)S1. The summed E-state index contributed by atoms with van der Waals surface area (Å²) in [6.45, 7) is 7.34. The molecule has 1 unspecified atom stereocenters. The maximum atomic E-state index is 13.1. The predicted octanol–water partition coefficient (Wildman–Crippen LogP) is 4.28. The zero-order valence-corrected chi connectivity index (χ0v) is 12.2. The number of aliphatic imine (C=N–C) groups is 1. The van der Waals surface area contributed by atoms with Gasteiger partial charge in [-0.25, -0.2) is 8.78 Å². The number of hydrogen-bond acceptors (Lipinski definition) is 3. The van der Waals surface area contributed by atoms with Crippen molar-refractivity contribution in [1.29, 1.82) is 0 Å². The van der Waals surface area contributed by atoms with Crippen molar-refractivity contribution in [2.75, 3.05) is 11.9 Å². The first kappa shape index (κ1) is 14.3. The van der Waals surface area contributed by atoms with E-state index in [1.807, 2.05) is 0 Å². The Morgan fingerprint density at radius 2 is 1.89 bits per heavy atom. The highest BCUT2D eigenvalue weighted by Crippen LogP contribution is 2.32. The Morgan fingerprint density at radius 3 is 2.47 bits per heavy atom. The number of hydrogen-bond donors (Lipinski definition) is 1. The fourth-order valence-electron chi connectivity index (χ4n) is 2.02. The number of amidine groups is 1. The third-order valence-corrected chi connectivity index (χ3v) is 3.77. The van der Waals surface area contributed by atoms with Crippen LogP contribution in [-0.4, -0.2) is 17.0 Å². The summed E-state index contributed by atoms with van der Waals surface area (Å²) >= 11 is 1.64. The fraction of sp³-hybridized carbons (Fsp3) is 0.500. The standard InChI is InChI=1S/C14H18F2N2S/c1-14(2,3)7-12-8-17-13(19-12)18-11-5-9(15)4-10(16)6-11/h4-6,12H,7-8H2,1-3H3,(H,17,18). The minimum Gasteiger partial charge on any atom is -0.335 e. The van der Waals surface area contributed by atoms with Crippen LogP contribution in [0.5, 0.6) is 0 Å². The van der Waals surface area contributed by atoms with Crippen LogP contribution in [0, 0.1) is 17.0 Å². The first-order valence-corrected chi connectivity index (χ1v) is 7.14. The molecule has 5 heteroatoms. The Hall–Kier alpha value is -1.10. The summed E-state index contributed by atoms with van der Waals surface area (Å²) in [6.07, 6.45) is 1.06. The molecule has 104 valence electrons. The average molecular weight is 284 g/mol. The van der Waals surface area contributed by atoms with Gasteiger partial charge in [-0.05, 0) is 24.0 Å². The molecule has 1 aliphatic rings. The quantitative estimate of drug-likeness (QED) is 0.876. The van der Waals surface area contributed by atoms with E-state index < -0.39 is 11.6 Å². The average Bonchev–Trinajstić information content (AvgIpc) is 2.60. The minimum absolute atomic E-state index is 0.258. The van der Waals surface area contributed by atoms with Gasteiger partial charge in [-0.3, -0.25) is 4.99 Å². The van der Waals surface area contributed by atoms with Gasteiger partial charge in [0.25, 0.3) is 0 Å². The monoisotopic (exact) mass is 284 g/mol. The maximum Gasteiger partial charge on any atom is 0.161 e. The third-order valence-electron chi connectivity index (χ3n) is 2.67. The van der Waals surface area contributed by atoms with Gasteiger partial charge in [0, 0.05) is 17.0 Å². The Morgan fingerprint density at radius 1 is 1.26 bits per heavy atom.